The van der Waals surface area contributed by atoms with Gasteiger partial charge in [-0.25, -0.2) is 0 Å². The Morgan fingerprint density at radius 2 is 1.88 bits per heavy atom. The van der Waals surface area contributed by atoms with Crippen LogP contribution in [0, 0.1) is 29.1 Å². The number of methoxy groups -OCH3 is 1. The molecule has 4 atom stereocenters. The Labute approximate surface area is 160 Å². The summed E-state index contributed by atoms with van der Waals surface area (Å²) in [5.74, 6) is 4.02. The maximum absolute atomic E-state index is 6.25. The van der Waals surface area contributed by atoms with Crippen LogP contribution in [0.25, 0.3) is 0 Å². The molecule has 0 aromatic heterocycles. The van der Waals surface area contributed by atoms with Crippen LogP contribution in [0.3, 0.4) is 0 Å². The molecule has 0 aliphatic heterocycles. The van der Waals surface area contributed by atoms with Crippen molar-refractivity contribution in [2.75, 3.05) is 13.7 Å². The van der Waals surface area contributed by atoms with Gasteiger partial charge in [0.25, 0.3) is 0 Å². The average Bonchev–Trinajstić information content (AvgIpc) is 2.62. The van der Waals surface area contributed by atoms with Crippen LogP contribution in [0.15, 0.2) is 35.9 Å². The summed E-state index contributed by atoms with van der Waals surface area (Å²) in [4.78, 5) is 0. The molecule has 0 amide bonds. The minimum absolute atomic E-state index is 0.305. The highest BCUT2D eigenvalue weighted by Crippen LogP contribution is 2.54. The molecule has 3 rings (SSSR count). The minimum Gasteiger partial charge on any atom is -0.497 e. The lowest BCUT2D eigenvalue weighted by atomic mass is 9.54. The van der Waals surface area contributed by atoms with E-state index in [-0.39, 0.29) is 0 Å². The third-order valence-electron chi connectivity index (χ3n) is 6.95. The van der Waals surface area contributed by atoms with Gasteiger partial charge in [-0.2, -0.15) is 0 Å². The van der Waals surface area contributed by atoms with Gasteiger partial charge in [-0.05, 0) is 79.4 Å². The third kappa shape index (κ3) is 4.17. The number of ether oxygens (including phenoxy) is 2. The minimum atomic E-state index is 0.305. The molecule has 0 N–H and O–H groups in total. The Balaban J connectivity index is 1.64. The SMILES string of the molecule is COc1ccc(COC[C@@]2(C)CC[C@H](C(C)C)[C@H]3C=C(C)CC[C@@H]32)cc1. The second kappa shape index (κ2) is 8.17. The van der Waals surface area contributed by atoms with E-state index in [1.54, 1.807) is 12.7 Å². The lowest BCUT2D eigenvalue weighted by Crippen LogP contribution is -2.46. The van der Waals surface area contributed by atoms with Gasteiger partial charge in [-0.3, -0.25) is 0 Å². The van der Waals surface area contributed by atoms with Gasteiger partial charge in [0.15, 0.2) is 0 Å². The highest BCUT2D eigenvalue weighted by molar-refractivity contribution is 5.26. The summed E-state index contributed by atoms with van der Waals surface area (Å²) in [5.41, 5.74) is 3.13. The molecule has 0 spiro atoms. The zero-order valence-electron chi connectivity index (χ0n) is 17.3. The molecule has 1 aromatic carbocycles. The number of allylic oxidation sites excluding steroid dienone is 2. The van der Waals surface area contributed by atoms with Gasteiger partial charge in [-0.1, -0.05) is 44.6 Å². The van der Waals surface area contributed by atoms with Crippen molar-refractivity contribution >= 4 is 0 Å². The van der Waals surface area contributed by atoms with E-state index in [0.29, 0.717) is 12.0 Å². The van der Waals surface area contributed by atoms with Crippen molar-refractivity contribution in [3.8, 4) is 5.75 Å². The monoisotopic (exact) mass is 356 g/mol. The van der Waals surface area contributed by atoms with Gasteiger partial charge in [0, 0.05) is 0 Å². The van der Waals surface area contributed by atoms with Crippen LogP contribution in [0.1, 0.15) is 58.9 Å². The Bertz CT molecular complexity index is 616. The Morgan fingerprint density at radius 3 is 2.54 bits per heavy atom. The quantitative estimate of drug-likeness (QED) is 0.560. The molecular formula is C24H36O2. The molecule has 2 aliphatic rings. The first-order chi connectivity index (χ1) is 12.4. The molecule has 0 radical (unpaired) electrons. The highest BCUT2D eigenvalue weighted by Gasteiger charge is 2.47. The molecule has 144 valence electrons. The first-order valence-electron chi connectivity index (χ1n) is 10.3. The lowest BCUT2D eigenvalue weighted by molar-refractivity contribution is -0.0573. The largest absolute Gasteiger partial charge is 0.497 e. The molecule has 2 nitrogen and oxygen atoms in total. The van der Waals surface area contributed by atoms with E-state index in [4.69, 9.17) is 9.47 Å². The Hall–Kier alpha value is -1.28. The van der Waals surface area contributed by atoms with Crippen molar-refractivity contribution in [3.05, 3.63) is 41.5 Å². The summed E-state index contributed by atoms with van der Waals surface area (Å²) < 4.78 is 11.5. The van der Waals surface area contributed by atoms with Crippen LogP contribution >= 0.6 is 0 Å². The van der Waals surface area contributed by atoms with E-state index in [2.05, 4.69) is 45.9 Å². The van der Waals surface area contributed by atoms with Gasteiger partial charge < -0.3 is 9.47 Å². The zero-order valence-corrected chi connectivity index (χ0v) is 17.3. The van der Waals surface area contributed by atoms with Crippen molar-refractivity contribution in [3.63, 3.8) is 0 Å². The number of benzene rings is 1. The Kier molecular flexibility index (Phi) is 6.12. The van der Waals surface area contributed by atoms with Crippen molar-refractivity contribution in [2.24, 2.45) is 29.1 Å². The fourth-order valence-corrected chi connectivity index (χ4v) is 5.29. The van der Waals surface area contributed by atoms with Crippen LogP contribution in [-0.4, -0.2) is 13.7 Å². The first kappa shape index (κ1) is 19.5. The van der Waals surface area contributed by atoms with Crippen LogP contribution in [-0.2, 0) is 11.3 Å². The first-order valence-corrected chi connectivity index (χ1v) is 10.3. The van der Waals surface area contributed by atoms with E-state index >= 15 is 0 Å². The summed E-state index contributed by atoms with van der Waals surface area (Å²) in [6.07, 6.45) is 7.84. The molecule has 0 unspecified atom stereocenters. The van der Waals surface area contributed by atoms with Crippen LogP contribution in [0.4, 0.5) is 0 Å². The second-order valence-electron chi connectivity index (χ2n) is 9.18. The number of fused-ring (bicyclic) bond motifs is 1. The zero-order chi connectivity index (χ0) is 18.7. The normalized spacial score (nSPS) is 31.5. The highest BCUT2D eigenvalue weighted by atomic mass is 16.5. The summed E-state index contributed by atoms with van der Waals surface area (Å²) in [6.45, 7) is 11.2. The van der Waals surface area contributed by atoms with Crippen LogP contribution < -0.4 is 4.74 Å². The van der Waals surface area contributed by atoms with Crippen molar-refractivity contribution in [2.45, 2.75) is 60.0 Å². The van der Waals surface area contributed by atoms with Gasteiger partial charge in [-0.15, -0.1) is 0 Å². The summed E-state index contributed by atoms with van der Waals surface area (Å²) in [6, 6.07) is 8.23. The predicted molar refractivity (Wildman–Crippen MR) is 108 cm³/mol. The number of hydrogen-bond acceptors (Lipinski definition) is 2. The topological polar surface area (TPSA) is 18.5 Å². The Morgan fingerprint density at radius 1 is 1.15 bits per heavy atom. The average molecular weight is 357 g/mol. The summed E-state index contributed by atoms with van der Waals surface area (Å²) >= 11 is 0. The van der Waals surface area contributed by atoms with Crippen LogP contribution in [0.5, 0.6) is 5.75 Å². The van der Waals surface area contributed by atoms with E-state index in [0.717, 1.165) is 36.0 Å². The van der Waals surface area contributed by atoms with Gasteiger partial charge in [0.05, 0.1) is 20.3 Å². The molecule has 0 bridgehead atoms. The van der Waals surface area contributed by atoms with Crippen LogP contribution in [0.2, 0.25) is 0 Å². The number of rotatable bonds is 6. The van der Waals surface area contributed by atoms with Gasteiger partial charge in [0.1, 0.15) is 5.75 Å². The van der Waals surface area contributed by atoms with Crippen molar-refractivity contribution in [1.82, 2.24) is 0 Å². The fourth-order valence-electron chi connectivity index (χ4n) is 5.29. The molecule has 0 saturated heterocycles. The lowest BCUT2D eigenvalue weighted by Gasteiger charge is -2.52. The maximum Gasteiger partial charge on any atom is 0.118 e. The smallest absolute Gasteiger partial charge is 0.118 e. The van der Waals surface area contributed by atoms with E-state index < -0.39 is 0 Å². The molecule has 2 heteroatoms. The van der Waals surface area contributed by atoms with Crippen molar-refractivity contribution in [1.29, 1.82) is 0 Å². The van der Waals surface area contributed by atoms with Crippen molar-refractivity contribution < 1.29 is 9.47 Å². The standard InChI is InChI=1S/C24H36O2/c1-17(2)21-12-13-24(4,23-11-6-18(3)14-22(21)23)16-26-15-19-7-9-20(25-5)10-8-19/h7-10,14,17,21-23H,6,11-13,15-16H2,1-5H3/t21-,22-,23+,24-/m1/s1. The van der Waals surface area contributed by atoms with Gasteiger partial charge >= 0.3 is 0 Å². The van der Waals surface area contributed by atoms with E-state index in [1.165, 1.54) is 31.2 Å². The molecule has 0 heterocycles. The van der Waals surface area contributed by atoms with Gasteiger partial charge in [0.2, 0.25) is 0 Å². The van der Waals surface area contributed by atoms with E-state index in [9.17, 15) is 0 Å². The molecule has 1 saturated carbocycles. The molecular weight excluding hydrogens is 320 g/mol. The molecule has 1 aromatic rings. The predicted octanol–water partition coefficient (Wildman–Crippen LogP) is 6.26. The molecule has 26 heavy (non-hydrogen) atoms. The fraction of sp³-hybridized carbons (Fsp3) is 0.667. The number of hydrogen-bond donors (Lipinski definition) is 0. The summed E-state index contributed by atoms with van der Waals surface area (Å²) in [5, 5.41) is 0. The molecule has 1 fully saturated rings. The maximum atomic E-state index is 6.25. The third-order valence-corrected chi connectivity index (χ3v) is 6.95. The van der Waals surface area contributed by atoms with E-state index in [1.807, 2.05) is 12.1 Å². The second-order valence-corrected chi connectivity index (χ2v) is 9.18. The summed E-state index contributed by atoms with van der Waals surface area (Å²) in [7, 11) is 1.70. The molecule has 2 aliphatic carbocycles.